The van der Waals surface area contributed by atoms with E-state index in [9.17, 15) is 1.37 Å². The number of nitrogens with zero attached hydrogens (tertiary/aromatic N) is 2. The number of aromatic nitrogens is 2. The van der Waals surface area contributed by atoms with E-state index in [0.29, 0.717) is 11.8 Å². The summed E-state index contributed by atoms with van der Waals surface area (Å²) in [6.07, 6.45) is 15.3. The first-order chi connectivity index (χ1) is 26.1. The minimum atomic E-state index is -1.77. The Morgan fingerprint density at radius 1 is 0.722 bits per heavy atom. The van der Waals surface area contributed by atoms with Crippen molar-refractivity contribution >= 4 is 59.9 Å². The van der Waals surface area contributed by atoms with Crippen molar-refractivity contribution in [3.8, 4) is 22.5 Å². The van der Waals surface area contributed by atoms with Crippen LogP contribution in [0.4, 0.5) is 0 Å². The standard InChI is InChI=1S/C34H34NS.C15H18GeN.Ir/c1-22-9-7-14-25-17-18-28-27-15-8-16-29(33(27)36-34(28)31(22)25)30-21-26(19-20-35-30)32(24-12-5-6-13-24)23-10-3-2-4-11-23;1-12-10-15(13-8-6-5-7-9-13)17-11-14(12)16(2,3)4;/h7-9,14-15,17-21,23-24,32H,2-6,10-13H2,1H3;5-8,10-11H,1-4H3;/q2*-1;/i32D;;. The SMILES string of the molecule is Cc1cc(-c2[c-]cccc2)nc[c]1[Ge]([CH3])([CH3])[CH3].[2H]C(c1ccnc(-c2[c-]ccc3c2sc2c3ccc3cccc(C)c32)c1)(C1CCCCC1)C1CCCC1.[Ir]. The van der Waals surface area contributed by atoms with Gasteiger partial charge in [0.2, 0.25) is 0 Å². The smallest absolute Gasteiger partial charge is 0.0358 e. The molecule has 3 aromatic heterocycles. The number of benzene rings is 4. The molecule has 7 aromatic rings. The topological polar surface area (TPSA) is 25.8 Å². The van der Waals surface area contributed by atoms with Crippen LogP contribution in [0.1, 0.15) is 81.7 Å². The van der Waals surface area contributed by atoms with Gasteiger partial charge in [-0.05, 0) is 88.7 Å². The number of hydrogen-bond acceptors (Lipinski definition) is 3. The molecule has 3 heterocycles. The van der Waals surface area contributed by atoms with Crippen molar-refractivity contribution in [3.63, 3.8) is 0 Å². The second-order valence-electron chi connectivity index (χ2n) is 16.4. The Hall–Kier alpha value is -3.15. The van der Waals surface area contributed by atoms with E-state index in [0.717, 1.165) is 22.5 Å². The fourth-order valence-electron chi connectivity index (χ4n) is 9.18. The molecular formula is C49H52GeIrN2S-2. The largest absolute Gasteiger partial charge is 0.305 e. The maximum absolute atomic E-state index is 10.0. The molecular weight excluding hydrogens is 913 g/mol. The number of rotatable bonds is 6. The fourth-order valence-corrected chi connectivity index (χ4v) is 14.2. The van der Waals surface area contributed by atoms with Gasteiger partial charge in [-0.1, -0.05) is 73.9 Å². The van der Waals surface area contributed by atoms with Crippen molar-refractivity contribution in [3.05, 3.63) is 126 Å². The zero-order valence-electron chi connectivity index (χ0n) is 33.4. The molecule has 279 valence electrons. The molecule has 9 rings (SSSR count). The monoisotopic (exact) mass is 968 g/mol. The molecule has 2 aliphatic rings. The normalized spacial score (nSPS) is 16.8. The van der Waals surface area contributed by atoms with Crippen LogP contribution in [0.3, 0.4) is 0 Å². The van der Waals surface area contributed by atoms with Gasteiger partial charge >= 0.3 is 106 Å². The number of hydrogen-bond donors (Lipinski definition) is 0. The van der Waals surface area contributed by atoms with E-state index < -0.39 is 19.2 Å². The summed E-state index contributed by atoms with van der Waals surface area (Å²) in [7, 11) is 0. The van der Waals surface area contributed by atoms with Crippen molar-refractivity contribution < 1.29 is 21.5 Å². The third-order valence-electron chi connectivity index (χ3n) is 11.7. The molecule has 1 atom stereocenters. The first kappa shape index (κ1) is 37.8. The number of fused-ring (bicyclic) bond motifs is 5. The van der Waals surface area contributed by atoms with Crippen LogP contribution in [0.5, 0.6) is 0 Å². The van der Waals surface area contributed by atoms with Crippen LogP contribution in [0, 0.1) is 37.8 Å². The average Bonchev–Trinajstić information content (AvgIpc) is 3.88. The number of thiophene rings is 1. The van der Waals surface area contributed by atoms with Crippen molar-refractivity contribution in [2.24, 2.45) is 11.8 Å². The quantitative estimate of drug-likeness (QED) is 0.123. The van der Waals surface area contributed by atoms with Crippen LogP contribution >= 0.6 is 11.3 Å². The minimum Gasteiger partial charge on any atom is -0.305 e. The molecule has 2 nitrogen and oxygen atoms in total. The second kappa shape index (κ2) is 16.9. The van der Waals surface area contributed by atoms with Crippen LogP contribution in [-0.4, -0.2) is 23.2 Å². The summed E-state index contributed by atoms with van der Waals surface area (Å²) >= 11 is 0.103. The maximum atomic E-state index is 10.0. The van der Waals surface area contributed by atoms with E-state index in [4.69, 9.17) is 4.98 Å². The van der Waals surface area contributed by atoms with E-state index in [-0.39, 0.29) is 20.1 Å². The Kier molecular flexibility index (Phi) is 11.8. The van der Waals surface area contributed by atoms with Gasteiger partial charge in [0.1, 0.15) is 0 Å². The van der Waals surface area contributed by atoms with Gasteiger partial charge in [0.05, 0.1) is 0 Å². The molecule has 0 spiro atoms. The van der Waals surface area contributed by atoms with Gasteiger partial charge in [-0.15, -0.1) is 23.8 Å². The Balaban J connectivity index is 0.000000218. The molecule has 2 aliphatic carbocycles. The summed E-state index contributed by atoms with van der Waals surface area (Å²) in [5.41, 5.74) is 8.04. The van der Waals surface area contributed by atoms with Crippen LogP contribution in [0.2, 0.25) is 17.3 Å². The first-order valence-electron chi connectivity index (χ1n) is 20.3. The van der Waals surface area contributed by atoms with Crippen molar-refractivity contribution in [1.82, 2.24) is 9.97 Å². The van der Waals surface area contributed by atoms with Gasteiger partial charge in [-0.3, -0.25) is 0 Å². The van der Waals surface area contributed by atoms with Gasteiger partial charge in [0, 0.05) is 37.8 Å². The van der Waals surface area contributed by atoms with Crippen LogP contribution in [-0.2, 0) is 20.1 Å². The Morgan fingerprint density at radius 2 is 1.46 bits per heavy atom. The predicted octanol–water partition coefficient (Wildman–Crippen LogP) is 13.6. The average molecular weight is 967 g/mol. The predicted molar refractivity (Wildman–Crippen MR) is 231 cm³/mol. The van der Waals surface area contributed by atoms with Gasteiger partial charge in [0.25, 0.3) is 0 Å². The zero-order valence-corrected chi connectivity index (χ0v) is 37.7. The molecule has 54 heavy (non-hydrogen) atoms. The Morgan fingerprint density at radius 3 is 2.17 bits per heavy atom. The molecule has 0 amide bonds. The molecule has 1 radical (unpaired) electrons. The third kappa shape index (κ3) is 8.05. The van der Waals surface area contributed by atoms with Crippen molar-refractivity contribution in [2.45, 2.75) is 94.8 Å². The second-order valence-corrected chi connectivity index (χ2v) is 28.0. The van der Waals surface area contributed by atoms with Crippen LogP contribution in [0.25, 0.3) is 53.5 Å². The third-order valence-corrected chi connectivity index (χ3v) is 17.5. The van der Waals surface area contributed by atoms with E-state index >= 15 is 0 Å². The number of aryl methyl sites for hydroxylation is 2. The Bertz CT molecular complexity index is 2420. The molecule has 0 aliphatic heterocycles. The van der Waals surface area contributed by atoms with Gasteiger partial charge in [-0.2, -0.15) is 11.3 Å². The molecule has 0 bridgehead atoms. The minimum absolute atomic E-state index is 0. The molecule has 4 aromatic carbocycles. The summed E-state index contributed by atoms with van der Waals surface area (Å²) in [4.78, 5) is 9.48. The summed E-state index contributed by atoms with van der Waals surface area (Å²) in [6, 6.07) is 36.8. The van der Waals surface area contributed by atoms with Crippen molar-refractivity contribution in [1.29, 1.82) is 0 Å². The van der Waals surface area contributed by atoms with Gasteiger partial charge in [-0.25, -0.2) is 0 Å². The molecule has 0 saturated heterocycles. The Labute approximate surface area is 344 Å². The summed E-state index contributed by atoms with van der Waals surface area (Å²) in [5, 5.41) is 5.26. The number of pyridine rings is 2. The summed E-state index contributed by atoms with van der Waals surface area (Å²) in [5.74, 6) is 7.62. The van der Waals surface area contributed by atoms with Crippen LogP contribution in [0.15, 0.2) is 97.3 Å². The van der Waals surface area contributed by atoms with E-state index in [2.05, 4.69) is 121 Å². The molecule has 5 heteroatoms. The molecule has 2 saturated carbocycles. The van der Waals surface area contributed by atoms with E-state index in [1.165, 1.54) is 110 Å². The molecule has 1 unspecified atom stereocenters. The van der Waals surface area contributed by atoms with Crippen molar-refractivity contribution in [2.75, 3.05) is 0 Å². The van der Waals surface area contributed by atoms with Gasteiger partial charge < -0.3 is 4.98 Å². The molecule has 2 fully saturated rings. The zero-order chi connectivity index (χ0) is 37.5. The summed E-state index contributed by atoms with van der Waals surface area (Å²) in [6.45, 7) is 4.41. The van der Waals surface area contributed by atoms with E-state index in [1.807, 2.05) is 35.7 Å². The fraction of sp³-hybridized carbons (Fsp3) is 0.347. The van der Waals surface area contributed by atoms with Crippen LogP contribution < -0.4 is 4.40 Å². The first-order valence-corrected chi connectivity index (χ1v) is 28.0. The summed E-state index contributed by atoms with van der Waals surface area (Å²) < 4.78 is 14.1. The maximum Gasteiger partial charge on any atom is 0.0358 e. The van der Waals surface area contributed by atoms with E-state index in [1.54, 1.807) is 0 Å². The van der Waals surface area contributed by atoms with Gasteiger partial charge in [0.15, 0.2) is 0 Å². The molecule has 0 N–H and O–H groups in total.